The van der Waals surface area contributed by atoms with Crippen molar-refractivity contribution in [1.82, 2.24) is 20.6 Å². The third-order valence-corrected chi connectivity index (χ3v) is 1.94. The first kappa shape index (κ1) is 12.5. The van der Waals surface area contributed by atoms with Crippen LogP contribution in [0.5, 0.6) is 0 Å². The lowest BCUT2D eigenvalue weighted by Crippen LogP contribution is -2.14. The van der Waals surface area contributed by atoms with Gasteiger partial charge in [0.15, 0.2) is 17.5 Å². The van der Waals surface area contributed by atoms with E-state index in [0.717, 1.165) is 12.1 Å². The molecule has 1 heterocycles. The minimum absolute atomic E-state index is 0. The Morgan fingerprint density at radius 3 is 2.56 bits per heavy atom. The monoisotopic (exact) mass is 247 g/mol. The SMILES string of the molecule is Cl.NC(c1ccc(F)c(F)c1)c1nn[nH]n1. The summed E-state index contributed by atoms with van der Waals surface area (Å²) in [4.78, 5) is 0. The summed E-state index contributed by atoms with van der Waals surface area (Å²) in [5, 5.41) is 12.9. The number of hydrogen-bond acceptors (Lipinski definition) is 4. The Morgan fingerprint density at radius 2 is 2.00 bits per heavy atom. The number of hydrogen-bond donors (Lipinski definition) is 2. The average molecular weight is 248 g/mol. The average Bonchev–Trinajstić information content (AvgIpc) is 2.74. The van der Waals surface area contributed by atoms with Crippen LogP contribution < -0.4 is 5.73 Å². The van der Waals surface area contributed by atoms with Crippen LogP contribution in [0.2, 0.25) is 0 Å². The molecule has 0 aliphatic carbocycles. The van der Waals surface area contributed by atoms with Crippen molar-refractivity contribution in [3.8, 4) is 0 Å². The number of nitrogens with zero attached hydrogens (tertiary/aromatic N) is 3. The zero-order valence-electron chi connectivity index (χ0n) is 7.89. The van der Waals surface area contributed by atoms with E-state index >= 15 is 0 Å². The van der Waals surface area contributed by atoms with E-state index in [1.54, 1.807) is 0 Å². The van der Waals surface area contributed by atoms with Gasteiger partial charge in [-0.15, -0.1) is 22.6 Å². The smallest absolute Gasteiger partial charge is 0.195 e. The van der Waals surface area contributed by atoms with Gasteiger partial charge >= 0.3 is 0 Å². The van der Waals surface area contributed by atoms with Crippen molar-refractivity contribution in [1.29, 1.82) is 0 Å². The molecular weight excluding hydrogens is 240 g/mol. The highest BCUT2D eigenvalue weighted by Gasteiger charge is 2.15. The van der Waals surface area contributed by atoms with Crippen LogP contribution in [0, 0.1) is 11.6 Å². The summed E-state index contributed by atoms with van der Waals surface area (Å²) in [5.74, 6) is -1.65. The van der Waals surface area contributed by atoms with Crippen molar-refractivity contribution >= 4 is 12.4 Å². The highest BCUT2D eigenvalue weighted by molar-refractivity contribution is 5.85. The fourth-order valence-electron chi connectivity index (χ4n) is 1.16. The van der Waals surface area contributed by atoms with Gasteiger partial charge in [-0.3, -0.25) is 0 Å². The Labute approximate surface area is 95.5 Å². The molecule has 0 aliphatic rings. The summed E-state index contributed by atoms with van der Waals surface area (Å²) in [5.41, 5.74) is 6.09. The first-order valence-electron chi connectivity index (χ1n) is 4.12. The second kappa shape index (κ2) is 4.95. The zero-order chi connectivity index (χ0) is 10.8. The molecule has 3 N–H and O–H groups in total. The molecular formula is C8H8ClF2N5. The fourth-order valence-corrected chi connectivity index (χ4v) is 1.16. The molecule has 16 heavy (non-hydrogen) atoms. The van der Waals surface area contributed by atoms with E-state index in [1.165, 1.54) is 6.07 Å². The second-order valence-corrected chi connectivity index (χ2v) is 2.92. The topological polar surface area (TPSA) is 80.5 Å². The Kier molecular flexibility index (Phi) is 3.86. The number of benzene rings is 1. The predicted molar refractivity (Wildman–Crippen MR) is 53.8 cm³/mol. The van der Waals surface area contributed by atoms with Gasteiger partial charge < -0.3 is 5.73 Å². The first-order chi connectivity index (χ1) is 7.18. The highest BCUT2D eigenvalue weighted by Crippen LogP contribution is 2.17. The van der Waals surface area contributed by atoms with Crippen molar-refractivity contribution in [2.45, 2.75) is 6.04 Å². The van der Waals surface area contributed by atoms with Crippen molar-refractivity contribution in [3.63, 3.8) is 0 Å². The lowest BCUT2D eigenvalue weighted by Gasteiger charge is -2.07. The van der Waals surface area contributed by atoms with Gasteiger partial charge in [-0.25, -0.2) is 8.78 Å². The third-order valence-electron chi connectivity index (χ3n) is 1.94. The summed E-state index contributed by atoms with van der Waals surface area (Å²) in [6, 6.07) is 2.67. The number of nitrogens with two attached hydrogens (primary N) is 1. The normalized spacial score (nSPS) is 11.9. The van der Waals surface area contributed by atoms with Crippen LogP contribution in [0.1, 0.15) is 17.4 Å². The van der Waals surface area contributed by atoms with E-state index in [2.05, 4.69) is 20.6 Å². The van der Waals surface area contributed by atoms with E-state index in [1.807, 2.05) is 0 Å². The Bertz CT molecular complexity index is 461. The zero-order valence-corrected chi connectivity index (χ0v) is 8.71. The molecule has 5 nitrogen and oxygen atoms in total. The quantitative estimate of drug-likeness (QED) is 0.828. The molecule has 0 fully saturated rings. The van der Waals surface area contributed by atoms with Gasteiger partial charge in [-0.05, 0) is 17.7 Å². The number of aromatic nitrogens is 4. The summed E-state index contributed by atoms with van der Waals surface area (Å²) >= 11 is 0. The molecule has 0 spiro atoms. The lowest BCUT2D eigenvalue weighted by molar-refractivity contribution is 0.506. The lowest BCUT2D eigenvalue weighted by atomic mass is 10.1. The Balaban J connectivity index is 0.00000128. The minimum Gasteiger partial charge on any atom is -0.318 e. The van der Waals surface area contributed by atoms with Crippen LogP contribution in [0.3, 0.4) is 0 Å². The molecule has 1 unspecified atom stereocenters. The molecule has 1 aromatic carbocycles. The molecule has 0 bridgehead atoms. The van der Waals surface area contributed by atoms with Crippen LogP contribution in [0.4, 0.5) is 8.78 Å². The molecule has 0 amide bonds. The van der Waals surface area contributed by atoms with Crippen LogP contribution in [0.25, 0.3) is 0 Å². The standard InChI is InChI=1S/C8H7F2N5.ClH/c9-5-2-1-4(3-6(5)10)7(11)8-12-14-15-13-8;/h1-3,7H,11H2,(H,12,13,14,15);1H. The maximum absolute atomic E-state index is 12.9. The minimum atomic E-state index is -0.952. The van der Waals surface area contributed by atoms with Crippen LogP contribution in [0.15, 0.2) is 18.2 Å². The van der Waals surface area contributed by atoms with E-state index in [0.29, 0.717) is 5.56 Å². The van der Waals surface area contributed by atoms with Gasteiger partial charge in [0, 0.05) is 0 Å². The molecule has 86 valence electrons. The first-order valence-corrected chi connectivity index (χ1v) is 4.12. The summed E-state index contributed by atoms with van der Waals surface area (Å²) < 4.78 is 25.5. The fraction of sp³-hybridized carbons (Fsp3) is 0.125. The van der Waals surface area contributed by atoms with Gasteiger partial charge in [0.25, 0.3) is 0 Å². The molecule has 8 heteroatoms. The molecule has 2 rings (SSSR count). The molecule has 0 aliphatic heterocycles. The van der Waals surface area contributed by atoms with E-state index in [9.17, 15) is 8.78 Å². The maximum Gasteiger partial charge on any atom is 0.195 e. The molecule has 2 aromatic rings. The van der Waals surface area contributed by atoms with Gasteiger partial charge in [0.05, 0.1) is 6.04 Å². The van der Waals surface area contributed by atoms with Crippen LogP contribution >= 0.6 is 12.4 Å². The summed E-state index contributed by atoms with van der Waals surface area (Å²) in [6.07, 6.45) is 0. The number of tetrazole rings is 1. The Hall–Kier alpha value is -1.60. The van der Waals surface area contributed by atoms with Crippen molar-refractivity contribution in [2.24, 2.45) is 5.73 Å². The van der Waals surface area contributed by atoms with Gasteiger partial charge in [0.1, 0.15) is 0 Å². The van der Waals surface area contributed by atoms with E-state index in [4.69, 9.17) is 5.73 Å². The molecule has 0 saturated carbocycles. The Morgan fingerprint density at radius 1 is 1.25 bits per heavy atom. The predicted octanol–water partition coefficient (Wildman–Crippen LogP) is 0.948. The van der Waals surface area contributed by atoms with Gasteiger partial charge in [0.2, 0.25) is 0 Å². The highest BCUT2D eigenvalue weighted by atomic mass is 35.5. The van der Waals surface area contributed by atoms with Crippen molar-refractivity contribution in [3.05, 3.63) is 41.2 Å². The second-order valence-electron chi connectivity index (χ2n) is 2.92. The number of rotatable bonds is 2. The van der Waals surface area contributed by atoms with Crippen LogP contribution in [-0.2, 0) is 0 Å². The van der Waals surface area contributed by atoms with Crippen molar-refractivity contribution in [2.75, 3.05) is 0 Å². The number of nitrogens with one attached hydrogen (secondary N) is 1. The third kappa shape index (κ3) is 2.31. The largest absolute Gasteiger partial charge is 0.318 e. The number of halogens is 3. The van der Waals surface area contributed by atoms with Crippen molar-refractivity contribution < 1.29 is 8.78 Å². The molecule has 1 aromatic heterocycles. The number of aromatic amines is 1. The van der Waals surface area contributed by atoms with E-state index < -0.39 is 17.7 Å². The molecule has 0 radical (unpaired) electrons. The number of H-pyrrole nitrogens is 1. The summed E-state index contributed by atoms with van der Waals surface area (Å²) in [6.45, 7) is 0. The maximum atomic E-state index is 12.9. The van der Waals surface area contributed by atoms with Gasteiger partial charge in [-0.2, -0.15) is 5.21 Å². The molecule has 0 saturated heterocycles. The van der Waals surface area contributed by atoms with Crippen LogP contribution in [-0.4, -0.2) is 20.6 Å². The molecule has 1 atom stereocenters. The summed E-state index contributed by atoms with van der Waals surface area (Å²) in [7, 11) is 0. The van der Waals surface area contributed by atoms with Gasteiger partial charge in [-0.1, -0.05) is 11.3 Å². The van der Waals surface area contributed by atoms with E-state index in [-0.39, 0.29) is 18.2 Å².